The van der Waals surface area contributed by atoms with Crippen LogP contribution in [0.5, 0.6) is 5.75 Å². The van der Waals surface area contributed by atoms with Gasteiger partial charge in [0.1, 0.15) is 0 Å². The van der Waals surface area contributed by atoms with Crippen molar-refractivity contribution in [2.45, 2.75) is 26.3 Å². The Labute approximate surface area is 124 Å². The number of anilines is 1. The van der Waals surface area contributed by atoms with Gasteiger partial charge < -0.3 is 16.2 Å². The molecule has 0 aliphatic rings. The maximum absolute atomic E-state index is 12.0. The lowest BCUT2D eigenvalue weighted by atomic mass is 10.0. The van der Waals surface area contributed by atoms with E-state index in [9.17, 15) is 9.90 Å². The lowest BCUT2D eigenvalue weighted by molar-refractivity contribution is 0.0948. The lowest BCUT2D eigenvalue weighted by Crippen LogP contribution is -2.23. The first-order chi connectivity index (χ1) is 9.99. The van der Waals surface area contributed by atoms with Gasteiger partial charge in [-0.05, 0) is 29.2 Å². The van der Waals surface area contributed by atoms with E-state index < -0.39 is 0 Å². The molecule has 0 spiro atoms. The Morgan fingerprint density at radius 2 is 1.86 bits per heavy atom. The fourth-order valence-electron chi connectivity index (χ4n) is 2.04. The van der Waals surface area contributed by atoms with E-state index >= 15 is 0 Å². The van der Waals surface area contributed by atoms with Crippen molar-refractivity contribution in [3.63, 3.8) is 0 Å². The Hall–Kier alpha value is -2.49. The van der Waals surface area contributed by atoms with Gasteiger partial charge in [-0.15, -0.1) is 0 Å². The van der Waals surface area contributed by atoms with Crippen LogP contribution in [0.25, 0.3) is 0 Å². The SMILES string of the molecule is CC(C)c1ccc(CNC(=O)c2cccc(N)c2O)cc1. The summed E-state index contributed by atoms with van der Waals surface area (Å²) in [5.74, 6) is -0.0317. The van der Waals surface area contributed by atoms with Crippen LogP contribution in [-0.2, 0) is 6.54 Å². The molecule has 110 valence electrons. The summed E-state index contributed by atoms with van der Waals surface area (Å²) in [5.41, 5.74) is 8.24. The predicted octanol–water partition coefficient (Wildman–Crippen LogP) is 3.03. The summed E-state index contributed by atoms with van der Waals surface area (Å²) in [6, 6.07) is 12.8. The Morgan fingerprint density at radius 3 is 2.48 bits per heavy atom. The Morgan fingerprint density at radius 1 is 1.19 bits per heavy atom. The molecule has 0 heterocycles. The van der Waals surface area contributed by atoms with Gasteiger partial charge in [-0.1, -0.05) is 44.2 Å². The number of phenolic OH excluding ortho intramolecular Hbond substituents is 1. The minimum Gasteiger partial charge on any atom is -0.505 e. The molecule has 2 rings (SSSR count). The monoisotopic (exact) mass is 284 g/mol. The molecule has 21 heavy (non-hydrogen) atoms. The zero-order valence-corrected chi connectivity index (χ0v) is 12.3. The number of nitrogens with one attached hydrogen (secondary N) is 1. The number of hydrogen-bond acceptors (Lipinski definition) is 3. The van der Waals surface area contributed by atoms with Crippen molar-refractivity contribution in [3.8, 4) is 5.75 Å². The third-order valence-corrected chi connectivity index (χ3v) is 3.41. The standard InChI is InChI=1S/C17H20N2O2/c1-11(2)13-8-6-12(7-9-13)10-19-17(21)14-4-3-5-15(18)16(14)20/h3-9,11,20H,10,18H2,1-2H3,(H,19,21). The molecule has 4 N–H and O–H groups in total. The summed E-state index contributed by atoms with van der Waals surface area (Å²) >= 11 is 0. The van der Waals surface area contributed by atoms with Crippen molar-refractivity contribution in [2.24, 2.45) is 0 Å². The highest BCUT2D eigenvalue weighted by atomic mass is 16.3. The Kier molecular flexibility index (Phi) is 4.48. The number of carbonyl (C=O) groups excluding carboxylic acids is 1. The molecule has 0 unspecified atom stereocenters. The molecule has 0 aromatic heterocycles. The molecule has 0 bridgehead atoms. The zero-order chi connectivity index (χ0) is 15.4. The fourth-order valence-corrected chi connectivity index (χ4v) is 2.04. The van der Waals surface area contributed by atoms with Crippen LogP contribution in [0.15, 0.2) is 42.5 Å². The summed E-state index contributed by atoms with van der Waals surface area (Å²) in [5, 5.41) is 12.6. The van der Waals surface area contributed by atoms with E-state index in [2.05, 4.69) is 31.3 Å². The van der Waals surface area contributed by atoms with Crippen LogP contribution >= 0.6 is 0 Å². The number of para-hydroxylation sites is 1. The molecule has 2 aromatic rings. The van der Waals surface area contributed by atoms with Gasteiger partial charge in [0, 0.05) is 6.54 Å². The molecule has 4 heteroatoms. The van der Waals surface area contributed by atoms with Gasteiger partial charge >= 0.3 is 0 Å². The molecule has 0 saturated heterocycles. The molecule has 4 nitrogen and oxygen atoms in total. The first-order valence-corrected chi connectivity index (χ1v) is 6.93. The molecule has 0 aliphatic heterocycles. The summed E-state index contributed by atoms with van der Waals surface area (Å²) in [6.45, 7) is 4.68. The average Bonchev–Trinajstić information content (AvgIpc) is 2.48. The summed E-state index contributed by atoms with van der Waals surface area (Å²) < 4.78 is 0. The van der Waals surface area contributed by atoms with Crippen molar-refractivity contribution < 1.29 is 9.90 Å². The van der Waals surface area contributed by atoms with Gasteiger partial charge in [0.15, 0.2) is 5.75 Å². The minimum atomic E-state index is -0.340. The number of phenols is 1. The first kappa shape index (κ1) is 14.9. The third kappa shape index (κ3) is 3.54. The van der Waals surface area contributed by atoms with Crippen LogP contribution in [0.4, 0.5) is 5.69 Å². The number of carbonyl (C=O) groups is 1. The second kappa shape index (κ2) is 6.31. The maximum Gasteiger partial charge on any atom is 0.255 e. The summed E-state index contributed by atoms with van der Waals surface area (Å²) in [4.78, 5) is 12.0. The van der Waals surface area contributed by atoms with E-state index in [0.717, 1.165) is 5.56 Å². The van der Waals surface area contributed by atoms with Crippen molar-refractivity contribution in [1.29, 1.82) is 0 Å². The largest absolute Gasteiger partial charge is 0.505 e. The number of rotatable bonds is 4. The molecular formula is C17H20N2O2. The molecule has 0 aliphatic carbocycles. The normalized spacial score (nSPS) is 10.6. The van der Waals surface area contributed by atoms with Crippen LogP contribution in [0.2, 0.25) is 0 Å². The number of amides is 1. The molecule has 0 atom stereocenters. The minimum absolute atomic E-state index is 0.176. The van der Waals surface area contributed by atoms with E-state index in [4.69, 9.17) is 5.73 Å². The van der Waals surface area contributed by atoms with Crippen LogP contribution < -0.4 is 11.1 Å². The maximum atomic E-state index is 12.0. The molecular weight excluding hydrogens is 264 g/mol. The van der Waals surface area contributed by atoms with Gasteiger partial charge in [-0.2, -0.15) is 0 Å². The van der Waals surface area contributed by atoms with Gasteiger partial charge in [-0.3, -0.25) is 4.79 Å². The van der Waals surface area contributed by atoms with Gasteiger partial charge in [0.25, 0.3) is 5.91 Å². The van der Waals surface area contributed by atoms with Crippen LogP contribution in [0, 0.1) is 0 Å². The van der Waals surface area contributed by atoms with Crippen molar-refractivity contribution >= 4 is 11.6 Å². The number of nitrogens with two attached hydrogens (primary N) is 1. The van der Waals surface area contributed by atoms with Crippen molar-refractivity contribution in [3.05, 3.63) is 59.2 Å². The number of hydrogen-bond donors (Lipinski definition) is 3. The molecule has 2 aromatic carbocycles. The quantitative estimate of drug-likeness (QED) is 0.596. The van der Waals surface area contributed by atoms with E-state index in [1.165, 1.54) is 5.56 Å². The lowest BCUT2D eigenvalue weighted by Gasteiger charge is -2.10. The van der Waals surface area contributed by atoms with Crippen molar-refractivity contribution in [2.75, 3.05) is 5.73 Å². The number of nitrogen functional groups attached to an aromatic ring is 1. The average molecular weight is 284 g/mol. The van der Waals surface area contributed by atoms with E-state index in [1.54, 1.807) is 18.2 Å². The number of benzene rings is 2. The zero-order valence-electron chi connectivity index (χ0n) is 12.3. The molecule has 1 amide bonds. The molecule has 0 radical (unpaired) electrons. The highest BCUT2D eigenvalue weighted by Crippen LogP contribution is 2.24. The fraction of sp³-hybridized carbons (Fsp3) is 0.235. The molecule has 0 fully saturated rings. The predicted molar refractivity (Wildman–Crippen MR) is 84.2 cm³/mol. The second-order valence-electron chi connectivity index (χ2n) is 5.32. The molecule has 0 saturated carbocycles. The van der Waals surface area contributed by atoms with E-state index in [0.29, 0.717) is 12.5 Å². The summed E-state index contributed by atoms with van der Waals surface area (Å²) in [6.07, 6.45) is 0. The Bertz CT molecular complexity index is 634. The van der Waals surface area contributed by atoms with E-state index in [1.807, 2.05) is 12.1 Å². The van der Waals surface area contributed by atoms with Gasteiger partial charge in [-0.25, -0.2) is 0 Å². The second-order valence-corrected chi connectivity index (χ2v) is 5.32. The first-order valence-electron chi connectivity index (χ1n) is 6.93. The topological polar surface area (TPSA) is 75.4 Å². The highest BCUT2D eigenvalue weighted by molar-refractivity contribution is 5.98. The Balaban J connectivity index is 2.02. The summed E-state index contributed by atoms with van der Waals surface area (Å²) in [7, 11) is 0. The van der Waals surface area contributed by atoms with E-state index in [-0.39, 0.29) is 22.9 Å². The third-order valence-electron chi connectivity index (χ3n) is 3.41. The smallest absolute Gasteiger partial charge is 0.255 e. The highest BCUT2D eigenvalue weighted by Gasteiger charge is 2.12. The van der Waals surface area contributed by atoms with Gasteiger partial charge in [0.2, 0.25) is 0 Å². The van der Waals surface area contributed by atoms with Crippen molar-refractivity contribution in [1.82, 2.24) is 5.32 Å². The van der Waals surface area contributed by atoms with Crippen LogP contribution in [0.3, 0.4) is 0 Å². The number of aromatic hydroxyl groups is 1. The van der Waals surface area contributed by atoms with Gasteiger partial charge in [0.05, 0.1) is 11.3 Å². The van der Waals surface area contributed by atoms with Crippen LogP contribution in [-0.4, -0.2) is 11.0 Å². The van der Waals surface area contributed by atoms with Crippen LogP contribution in [0.1, 0.15) is 41.3 Å².